The molecule has 4 rings (SSSR count). The van der Waals surface area contributed by atoms with Gasteiger partial charge in [-0.05, 0) is 77.1 Å². The number of aryl methyl sites for hydroxylation is 1. The topological polar surface area (TPSA) is 70.3 Å². The van der Waals surface area contributed by atoms with Crippen molar-refractivity contribution in [2.45, 2.75) is 20.4 Å². The molecular weight excluding hydrogens is 500 g/mol. The van der Waals surface area contributed by atoms with Crippen molar-refractivity contribution in [3.63, 3.8) is 0 Å². The molecule has 3 heterocycles. The van der Waals surface area contributed by atoms with E-state index in [0.717, 1.165) is 64.0 Å². The number of amides is 1. The third kappa shape index (κ3) is 5.22. The van der Waals surface area contributed by atoms with E-state index in [0.29, 0.717) is 6.54 Å². The van der Waals surface area contributed by atoms with E-state index < -0.39 is 0 Å². The summed E-state index contributed by atoms with van der Waals surface area (Å²) in [6.45, 7) is 7.67. The van der Waals surface area contributed by atoms with Crippen LogP contribution in [-0.2, 0) is 16.1 Å². The molecular formula is C25H25BrN4O2S. The molecule has 0 bridgehead atoms. The highest BCUT2D eigenvalue weighted by molar-refractivity contribution is 9.10. The lowest BCUT2D eigenvalue weighted by atomic mass is 10.1. The first-order valence-electron chi connectivity index (χ1n) is 10.7. The van der Waals surface area contributed by atoms with Crippen molar-refractivity contribution < 1.29 is 9.53 Å². The van der Waals surface area contributed by atoms with Crippen LogP contribution < -0.4 is 10.2 Å². The lowest BCUT2D eigenvalue weighted by Crippen LogP contribution is -2.36. The number of thiophene rings is 1. The number of halogens is 1. The second-order valence-electron chi connectivity index (χ2n) is 7.83. The summed E-state index contributed by atoms with van der Waals surface area (Å²) in [4.78, 5) is 15.9. The number of rotatable bonds is 6. The fourth-order valence-electron chi connectivity index (χ4n) is 4.01. The zero-order chi connectivity index (χ0) is 23.4. The molecule has 0 aliphatic carbocycles. The molecule has 0 unspecified atom stereocenters. The Balaban J connectivity index is 1.57. The summed E-state index contributed by atoms with van der Waals surface area (Å²) < 4.78 is 8.62. The summed E-state index contributed by atoms with van der Waals surface area (Å²) >= 11 is 5.31. The van der Waals surface area contributed by atoms with Crippen molar-refractivity contribution in [1.29, 1.82) is 5.26 Å². The van der Waals surface area contributed by atoms with Gasteiger partial charge in [0.05, 0.1) is 25.4 Å². The summed E-state index contributed by atoms with van der Waals surface area (Å²) in [5.41, 5.74) is 5.12. The number of carbonyl (C=O) groups is 1. The molecule has 0 spiro atoms. The monoisotopic (exact) mass is 524 g/mol. The molecule has 1 N–H and O–H groups in total. The third-order valence-corrected chi connectivity index (χ3v) is 7.19. The first-order valence-corrected chi connectivity index (χ1v) is 12.4. The zero-order valence-corrected chi connectivity index (χ0v) is 21.0. The summed E-state index contributed by atoms with van der Waals surface area (Å²) in [7, 11) is 0. The van der Waals surface area contributed by atoms with Crippen molar-refractivity contribution >= 4 is 44.9 Å². The van der Waals surface area contributed by atoms with Crippen molar-refractivity contribution in [2.24, 2.45) is 0 Å². The number of morpholine rings is 1. The number of carbonyl (C=O) groups excluding carboxylic acids is 1. The van der Waals surface area contributed by atoms with Gasteiger partial charge in [0.1, 0.15) is 11.6 Å². The van der Waals surface area contributed by atoms with Gasteiger partial charge in [0, 0.05) is 39.5 Å². The van der Waals surface area contributed by atoms with Crippen LogP contribution in [0.4, 0.5) is 5.69 Å². The van der Waals surface area contributed by atoms with E-state index in [9.17, 15) is 10.1 Å². The molecule has 1 aliphatic rings. The van der Waals surface area contributed by atoms with Gasteiger partial charge < -0.3 is 19.5 Å². The Morgan fingerprint density at radius 1 is 1.27 bits per heavy atom. The summed E-state index contributed by atoms with van der Waals surface area (Å²) in [6.07, 6.45) is 1.67. The molecule has 1 aliphatic heterocycles. The van der Waals surface area contributed by atoms with Crippen LogP contribution in [0, 0.1) is 25.2 Å². The molecule has 170 valence electrons. The first kappa shape index (κ1) is 23.3. The fourth-order valence-corrected chi connectivity index (χ4v) is 5.27. The predicted molar refractivity (Wildman–Crippen MR) is 136 cm³/mol. The first-order chi connectivity index (χ1) is 16.0. The minimum Gasteiger partial charge on any atom is -0.378 e. The fraction of sp³-hybridized carbons (Fsp3) is 0.280. The molecule has 1 fully saturated rings. The van der Waals surface area contributed by atoms with Crippen molar-refractivity contribution in [3.05, 3.63) is 73.7 Å². The van der Waals surface area contributed by atoms with Crippen LogP contribution in [0.2, 0.25) is 0 Å². The van der Waals surface area contributed by atoms with Gasteiger partial charge in [-0.25, -0.2) is 0 Å². The molecule has 0 radical (unpaired) electrons. The Bertz CT molecular complexity index is 1220. The minimum absolute atomic E-state index is 0.0932. The number of ether oxygens (including phenoxy) is 1. The number of benzene rings is 1. The van der Waals surface area contributed by atoms with Gasteiger partial charge in [-0.2, -0.15) is 5.26 Å². The number of anilines is 1. The lowest BCUT2D eigenvalue weighted by molar-refractivity contribution is -0.117. The molecule has 1 aromatic carbocycles. The van der Waals surface area contributed by atoms with E-state index in [2.05, 4.69) is 48.9 Å². The Kier molecular flexibility index (Phi) is 7.33. The molecule has 6 nitrogen and oxygen atoms in total. The van der Waals surface area contributed by atoms with Gasteiger partial charge >= 0.3 is 0 Å². The van der Waals surface area contributed by atoms with Crippen molar-refractivity contribution in [2.75, 3.05) is 31.2 Å². The normalized spacial score (nSPS) is 14.2. The van der Waals surface area contributed by atoms with Crippen LogP contribution in [0.5, 0.6) is 0 Å². The van der Waals surface area contributed by atoms with Gasteiger partial charge in [-0.3, -0.25) is 4.79 Å². The highest BCUT2D eigenvalue weighted by Crippen LogP contribution is 2.31. The summed E-state index contributed by atoms with van der Waals surface area (Å²) in [5, 5.41) is 14.4. The van der Waals surface area contributed by atoms with E-state index in [1.165, 1.54) is 0 Å². The molecule has 8 heteroatoms. The van der Waals surface area contributed by atoms with E-state index in [1.807, 2.05) is 43.5 Å². The standard InChI is InChI=1S/C25H25BrN4O2S/c1-17-12-19(13-20(15-27)25(31)28-16-22-4-3-11-33-22)18(2)30(17)21-5-6-24(23(26)14-21)29-7-9-32-10-8-29/h3-6,11-14H,7-10,16H2,1-2H3,(H,28,31)/b20-13+. The maximum Gasteiger partial charge on any atom is 0.262 e. The SMILES string of the molecule is Cc1cc(/C=C(\C#N)C(=O)NCc2cccs2)c(C)n1-c1ccc(N2CCOCC2)c(Br)c1. The Hall–Kier alpha value is -2.86. The number of hydrogen-bond donors (Lipinski definition) is 1. The van der Waals surface area contributed by atoms with Gasteiger partial charge in [0.2, 0.25) is 0 Å². The second-order valence-corrected chi connectivity index (χ2v) is 9.72. The Morgan fingerprint density at radius 3 is 2.73 bits per heavy atom. The maximum absolute atomic E-state index is 12.6. The van der Waals surface area contributed by atoms with Gasteiger partial charge in [0.25, 0.3) is 5.91 Å². The second kappa shape index (κ2) is 10.4. The number of aromatic nitrogens is 1. The number of hydrogen-bond acceptors (Lipinski definition) is 5. The van der Waals surface area contributed by atoms with Gasteiger partial charge in [-0.15, -0.1) is 11.3 Å². The number of nitrogens with zero attached hydrogens (tertiary/aromatic N) is 3. The Morgan fingerprint density at radius 2 is 2.06 bits per heavy atom. The molecule has 2 aromatic heterocycles. The van der Waals surface area contributed by atoms with Crippen LogP contribution in [0.1, 0.15) is 21.8 Å². The maximum atomic E-state index is 12.6. The van der Waals surface area contributed by atoms with Crippen LogP contribution in [0.15, 0.2) is 51.8 Å². The Labute approximate surface area is 206 Å². The number of nitriles is 1. The average Bonchev–Trinajstić information content (AvgIpc) is 3.44. The van der Waals surface area contributed by atoms with E-state index >= 15 is 0 Å². The van der Waals surface area contributed by atoms with Crippen LogP contribution in [0.3, 0.4) is 0 Å². The molecule has 0 saturated carbocycles. The van der Waals surface area contributed by atoms with E-state index in [1.54, 1.807) is 17.4 Å². The average molecular weight is 525 g/mol. The molecule has 3 aromatic rings. The highest BCUT2D eigenvalue weighted by Gasteiger charge is 2.17. The molecule has 1 saturated heterocycles. The minimum atomic E-state index is -0.367. The predicted octanol–water partition coefficient (Wildman–Crippen LogP) is 4.98. The van der Waals surface area contributed by atoms with Gasteiger partial charge in [0.15, 0.2) is 0 Å². The van der Waals surface area contributed by atoms with E-state index in [4.69, 9.17) is 4.74 Å². The smallest absolute Gasteiger partial charge is 0.262 e. The summed E-state index contributed by atoms with van der Waals surface area (Å²) in [5.74, 6) is -0.367. The molecule has 1 amide bonds. The van der Waals surface area contributed by atoms with Gasteiger partial charge in [-0.1, -0.05) is 6.07 Å². The van der Waals surface area contributed by atoms with Crippen LogP contribution in [0.25, 0.3) is 11.8 Å². The van der Waals surface area contributed by atoms with Crippen molar-refractivity contribution in [1.82, 2.24) is 9.88 Å². The van der Waals surface area contributed by atoms with E-state index in [-0.39, 0.29) is 11.5 Å². The van der Waals surface area contributed by atoms with Crippen LogP contribution >= 0.6 is 27.3 Å². The zero-order valence-electron chi connectivity index (χ0n) is 18.6. The molecule has 0 atom stereocenters. The largest absolute Gasteiger partial charge is 0.378 e. The lowest BCUT2D eigenvalue weighted by Gasteiger charge is -2.30. The van der Waals surface area contributed by atoms with Crippen LogP contribution in [-0.4, -0.2) is 36.8 Å². The highest BCUT2D eigenvalue weighted by atomic mass is 79.9. The third-order valence-electron chi connectivity index (χ3n) is 5.68. The molecule has 33 heavy (non-hydrogen) atoms. The number of nitrogens with one attached hydrogen (secondary N) is 1. The summed E-state index contributed by atoms with van der Waals surface area (Å²) in [6, 6.07) is 14.3. The van der Waals surface area contributed by atoms with Crippen molar-refractivity contribution in [3.8, 4) is 11.8 Å². The quantitative estimate of drug-likeness (QED) is 0.364.